The summed E-state index contributed by atoms with van der Waals surface area (Å²) >= 11 is 2.05. The summed E-state index contributed by atoms with van der Waals surface area (Å²) < 4.78 is 6.20. The molecule has 1 heterocycles. The summed E-state index contributed by atoms with van der Waals surface area (Å²) in [5.41, 5.74) is 3.29. The van der Waals surface area contributed by atoms with Crippen LogP contribution >= 0.6 is 11.8 Å². The standard InChI is InChI=1S/C16H32N2OS/c1-3-13(2)20-12-15(18-17)14-7-10-19-16(11-14)8-5-4-6-9-16/h13-15,18H,3-12,17H2,1-2H3. The fraction of sp³-hybridized carbons (Fsp3) is 1.00. The summed E-state index contributed by atoms with van der Waals surface area (Å²) in [5.74, 6) is 7.66. The fourth-order valence-electron chi connectivity index (χ4n) is 3.66. The smallest absolute Gasteiger partial charge is 0.0685 e. The van der Waals surface area contributed by atoms with Crippen LogP contribution in [0.4, 0.5) is 0 Å². The molecule has 3 atom stereocenters. The summed E-state index contributed by atoms with van der Waals surface area (Å²) in [6.07, 6.45) is 10.2. The Bertz CT molecular complexity index is 276. The van der Waals surface area contributed by atoms with Crippen molar-refractivity contribution in [3.63, 3.8) is 0 Å². The largest absolute Gasteiger partial charge is 0.375 e. The number of thioether (sulfide) groups is 1. The van der Waals surface area contributed by atoms with Crippen molar-refractivity contribution in [2.24, 2.45) is 11.8 Å². The Kier molecular flexibility index (Phi) is 6.66. The van der Waals surface area contributed by atoms with E-state index in [0.29, 0.717) is 12.0 Å². The number of rotatable bonds is 6. The molecule has 3 unspecified atom stereocenters. The van der Waals surface area contributed by atoms with E-state index in [1.807, 2.05) is 0 Å². The van der Waals surface area contributed by atoms with E-state index in [2.05, 4.69) is 31.0 Å². The van der Waals surface area contributed by atoms with E-state index >= 15 is 0 Å². The SMILES string of the molecule is CCC(C)SCC(NN)C1CCOC2(CCCCC2)C1. The van der Waals surface area contributed by atoms with Gasteiger partial charge in [-0.25, -0.2) is 0 Å². The van der Waals surface area contributed by atoms with E-state index in [1.54, 1.807) is 0 Å². The molecule has 3 nitrogen and oxygen atoms in total. The zero-order valence-corrected chi connectivity index (χ0v) is 14.0. The van der Waals surface area contributed by atoms with Gasteiger partial charge in [0.2, 0.25) is 0 Å². The third-order valence-corrected chi connectivity index (χ3v) is 6.67. The van der Waals surface area contributed by atoms with Crippen molar-refractivity contribution in [2.45, 2.75) is 82.1 Å². The van der Waals surface area contributed by atoms with Crippen LogP contribution in [0, 0.1) is 5.92 Å². The molecular formula is C16H32N2OS. The van der Waals surface area contributed by atoms with Gasteiger partial charge in [-0.1, -0.05) is 33.1 Å². The Morgan fingerprint density at radius 2 is 2.10 bits per heavy atom. The lowest BCUT2D eigenvalue weighted by Gasteiger charge is -2.45. The predicted octanol–water partition coefficient (Wildman–Crippen LogP) is 3.48. The number of ether oxygens (including phenoxy) is 1. The van der Waals surface area contributed by atoms with Crippen molar-refractivity contribution >= 4 is 11.8 Å². The molecule has 0 radical (unpaired) electrons. The van der Waals surface area contributed by atoms with Gasteiger partial charge in [-0.05, 0) is 38.0 Å². The van der Waals surface area contributed by atoms with E-state index in [0.717, 1.165) is 24.0 Å². The Labute approximate surface area is 128 Å². The zero-order valence-electron chi connectivity index (χ0n) is 13.2. The van der Waals surface area contributed by atoms with Crippen LogP contribution in [0.1, 0.15) is 65.2 Å². The summed E-state index contributed by atoms with van der Waals surface area (Å²) in [5, 5.41) is 0.731. The lowest BCUT2D eigenvalue weighted by atomic mass is 9.74. The van der Waals surface area contributed by atoms with Crippen molar-refractivity contribution in [1.82, 2.24) is 5.43 Å². The van der Waals surface area contributed by atoms with Gasteiger partial charge in [0, 0.05) is 23.7 Å². The minimum absolute atomic E-state index is 0.192. The second kappa shape index (κ2) is 8.02. The van der Waals surface area contributed by atoms with Crippen LogP contribution in [-0.2, 0) is 4.74 Å². The Balaban J connectivity index is 1.88. The number of hydrazine groups is 1. The highest BCUT2D eigenvalue weighted by atomic mass is 32.2. The van der Waals surface area contributed by atoms with Crippen molar-refractivity contribution < 1.29 is 4.74 Å². The molecule has 2 rings (SSSR count). The molecule has 1 spiro atoms. The van der Waals surface area contributed by atoms with Crippen molar-refractivity contribution in [2.75, 3.05) is 12.4 Å². The molecule has 1 saturated carbocycles. The fourth-order valence-corrected chi connectivity index (χ4v) is 4.80. The third kappa shape index (κ3) is 4.36. The molecule has 0 aromatic heterocycles. The maximum absolute atomic E-state index is 6.20. The highest BCUT2D eigenvalue weighted by Gasteiger charge is 2.40. The molecule has 1 saturated heterocycles. The molecule has 20 heavy (non-hydrogen) atoms. The van der Waals surface area contributed by atoms with Gasteiger partial charge < -0.3 is 4.74 Å². The highest BCUT2D eigenvalue weighted by Crippen LogP contribution is 2.41. The van der Waals surface area contributed by atoms with E-state index in [4.69, 9.17) is 10.6 Å². The number of hydrogen-bond donors (Lipinski definition) is 2. The number of nitrogens with one attached hydrogen (secondary N) is 1. The molecule has 2 aliphatic rings. The van der Waals surface area contributed by atoms with Gasteiger partial charge >= 0.3 is 0 Å². The maximum Gasteiger partial charge on any atom is 0.0685 e. The van der Waals surface area contributed by atoms with Crippen LogP contribution < -0.4 is 11.3 Å². The molecule has 2 fully saturated rings. The summed E-state index contributed by atoms with van der Waals surface area (Å²) in [6, 6.07) is 0.441. The second-order valence-corrected chi connectivity index (χ2v) is 8.14. The average Bonchev–Trinajstić information content (AvgIpc) is 2.48. The lowest BCUT2D eigenvalue weighted by molar-refractivity contribution is -0.120. The van der Waals surface area contributed by atoms with Crippen LogP contribution in [0.5, 0.6) is 0 Å². The normalized spacial score (nSPS) is 29.2. The first-order valence-corrected chi connectivity index (χ1v) is 9.45. The van der Waals surface area contributed by atoms with Gasteiger partial charge in [0.25, 0.3) is 0 Å². The number of hydrogen-bond acceptors (Lipinski definition) is 4. The average molecular weight is 301 g/mol. The zero-order chi connectivity index (χ0) is 14.4. The maximum atomic E-state index is 6.20. The Hall–Kier alpha value is 0.230. The van der Waals surface area contributed by atoms with Gasteiger partial charge in [0.05, 0.1) is 5.60 Å². The van der Waals surface area contributed by atoms with Gasteiger partial charge in [-0.3, -0.25) is 11.3 Å². The molecule has 1 aliphatic heterocycles. The first-order valence-electron chi connectivity index (χ1n) is 8.41. The van der Waals surface area contributed by atoms with Gasteiger partial charge in [0.15, 0.2) is 0 Å². The summed E-state index contributed by atoms with van der Waals surface area (Å²) in [7, 11) is 0. The molecule has 0 amide bonds. The number of nitrogens with two attached hydrogens (primary N) is 1. The molecule has 3 N–H and O–H groups in total. The Morgan fingerprint density at radius 3 is 2.75 bits per heavy atom. The van der Waals surface area contributed by atoms with Crippen molar-refractivity contribution in [3.8, 4) is 0 Å². The lowest BCUT2D eigenvalue weighted by Crippen LogP contribution is -2.50. The monoisotopic (exact) mass is 300 g/mol. The van der Waals surface area contributed by atoms with Gasteiger partial charge in [-0.15, -0.1) is 0 Å². The van der Waals surface area contributed by atoms with E-state index in [1.165, 1.54) is 44.9 Å². The van der Waals surface area contributed by atoms with Crippen molar-refractivity contribution in [3.05, 3.63) is 0 Å². The highest BCUT2D eigenvalue weighted by molar-refractivity contribution is 7.99. The predicted molar refractivity (Wildman–Crippen MR) is 87.8 cm³/mol. The topological polar surface area (TPSA) is 47.3 Å². The first-order chi connectivity index (χ1) is 9.69. The third-order valence-electron chi connectivity index (χ3n) is 5.21. The second-order valence-electron chi connectivity index (χ2n) is 6.67. The quantitative estimate of drug-likeness (QED) is 0.582. The van der Waals surface area contributed by atoms with Crippen LogP contribution in [0.25, 0.3) is 0 Å². The molecule has 1 aliphatic carbocycles. The van der Waals surface area contributed by atoms with Gasteiger partial charge in [-0.2, -0.15) is 11.8 Å². The minimum atomic E-state index is 0.192. The van der Waals surface area contributed by atoms with Crippen LogP contribution in [0.15, 0.2) is 0 Å². The summed E-state index contributed by atoms with van der Waals surface area (Å²) in [4.78, 5) is 0. The molecule has 0 aromatic rings. The molecule has 118 valence electrons. The molecule has 4 heteroatoms. The van der Waals surface area contributed by atoms with Gasteiger partial charge in [0.1, 0.15) is 0 Å². The van der Waals surface area contributed by atoms with Crippen molar-refractivity contribution in [1.29, 1.82) is 0 Å². The molecule has 0 aromatic carbocycles. The van der Waals surface area contributed by atoms with E-state index < -0.39 is 0 Å². The summed E-state index contributed by atoms with van der Waals surface area (Å²) in [6.45, 7) is 5.50. The first kappa shape index (κ1) is 16.6. The van der Waals surface area contributed by atoms with E-state index in [9.17, 15) is 0 Å². The molecule has 0 bridgehead atoms. The Morgan fingerprint density at radius 1 is 1.35 bits per heavy atom. The molecular weight excluding hydrogens is 268 g/mol. The van der Waals surface area contributed by atoms with Crippen LogP contribution in [0.3, 0.4) is 0 Å². The van der Waals surface area contributed by atoms with E-state index in [-0.39, 0.29) is 5.60 Å². The minimum Gasteiger partial charge on any atom is -0.375 e. The van der Waals surface area contributed by atoms with Crippen LogP contribution in [0.2, 0.25) is 0 Å². The van der Waals surface area contributed by atoms with Crippen LogP contribution in [-0.4, -0.2) is 29.3 Å².